The number of carboxylic acid groups (broad SMARTS) is 1. The number of rotatable bonds is 5. The highest BCUT2D eigenvalue weighted by Gasteiger charge is 2.19. The molecule has 2 N–H and O–H groups in total. The third-order valence-electron chi connectivity index (χ3n) is 2.41. The first kappa shape index (κ1) is 12.5. The van der Waals surface area contributed by atoms with E-state index in [0.29, 0.717) is 17.4 Å². The van der Waals surface area contributed by atoms with Crippen LogP contribution < -0.4 is 5.32 Å². The number of hydrogen-bond donors (Lipinski definition) is 2. The van der Waals surface area contributed by atoms with Gasteiger partial charge in [-0.25, -0.2) is 9.78 Å². The van der Waals surface area contributed by atoms with Gasteiger partial charge in [0.05, 0.1) is 0 Å². The molecular weight excluding hydrogens is 250 g/mol. The van der Waals surface area contributed by atoms with Gasteiger partial charge in [0.15, 0.2) is 0 Å². The Morgan fingerprint density at radius 2 is 2.17 bits per heavy atom. The van der Waals surface area contributed by atoms with Crippen molar-refractivity contribution >= 4 is 22.6 Å². The van der Waals surface area contributed by atoms with Crippen LogP contribution in [0, 0.1) is 6.92 Å². The fraction of sp³-hybridized carbons (Fsp3) is 0.250. The highest BCUT2D eigenvalue weighted by Crippen LogP contribution is 2.14. The number of carboxylic acids is 1. The van der Waals surface area contributed by atoms with Gasteiger partial charge >= 0.3 is 5.97 Å². The highest BCUT2D eigenvalue weighted by molar-refractivity contribution is 7.09. The van der Waals surface area contributed by atoms with Crippen LogP contribution in [0.15, 0.2) is 30.3 Å². The Labute approximate surface area is 109 Å². The summed E-state index contributed by atoms with van der Waals surface area (Å²) in [5, 5.41) is 12.6. The van der Waals surface area contributed by atoms with Crippen molar-refractivity contribution in [1.29, 1.82) is 0 Å². The zero-order chi connectivity index (χ0) is 13.0. The van der Waals surface area contributed by atoms with Crippen LogP contribution in [0.5, 0.6) is 0 Å². The average molecular weight is 263 g/mol. The molecule has 18 heavy (non-hydrogen) atoms. The summed E-state index contributed by atoms with van der Waals surface area (Å²) in [6, 6.07) is 8.80. The Hall–Kier alpha value is -1.95. The number of anilines is 1. The molecule has 0 aliphatic rings. The molecule has 0 saturated heterocycles. The molecule has 5 nitrogen and oxygen atoms in total. The quantitative estimate of drug-likeness (QED) is 0.862. The third-order valence-corrected chi connectivity index (χ3v) is 3.14. The summed E-state index contributed by atoms with van der Waals surface area (Å²) >= 11 is 1.17. The number of aromatic nitrogens is 2. The average Bonchev–Trinajstić information content (AvgIpc) is 2.75. The van der Waals surface area contributed by atoms with Gasteiger partial charge in [0.1, 0.15) is 11.9 Å². The lowest BCUT2D eigenvalue weighted by Crippen LogP contribution is -2.31. The van der Waals surface area contributed by atoms with E-state index < -0.39 is 12.0 Å². The molecule has 0 aliphatic carbocycles. The zero-order valence-electron chi connectivity index (χ0n) is 9.83. The smallest absolute Gasteiger partial charge is 0.326 e. The van der Waals surface area contributed by atoms with Crippen LogP contribution in [0.25, 0.3) is 0 Å². The predicted octanol–water partition coefficient (Wildman–Crippen LogP) is 1.95. The Bertz CT molecular complexity index is 527. The Kier molecular flexibility index (Phi) is 3.88. The van der Waals surface area contributed by atoms with Gasteiger partial charge in [-0.05, 0) is 12.5 Å². The second kappa shape index (κ2) is 5.59. The Morgan fingerprint density at radius 1 is 1.44 bits per heavy atom. The monoisotopic (exact) mass is 263 g/mol. The SMILES string of the molecule is Cc1nsc(N[C@H](Cc2ccccc2)C(=O)O)n1. The molecule has 0 amide bonds. The highest BCUT2D eigenvalue weighted by atomic mass is 32.1. The van der Waals surface area contributed by atoms with Crippen LogP contribution in [-0.2, 0) is 11.2 Å². The van der Waals surface area contributed by atoms with Gasteiger partial charge < -0.3 is 10.4 Å². The van der Waals surface area contributed by atoms with Crippen LogP contribution >= 0.6 is 11.5 Å². The van der Waals surface area contributed by atoms with E-state index in [9.17, 15) is 9.90 Å². The standard InChI is InChI=1S/C12H13N3O2S/c1-8-13-12(18-15-8)14-10(11(16)17)7-9-5-3-2-4-6-9/h2-6,10H,7H2,1H3,(H,16,17)(H,13,14,15)/t10-/m1/s1. The lowest BCUT2D eigenvalue weighted by atomic mass is 10.1. The lowest BCUT2D eigenvalue weighted by molar-refractivity contribution is -0.137. The molecule has 0 spiro atoms. The first-order chi connectivity index (χ1) is 8.65. The van der Waals surface area contributed by atoms with Crippen molar-refractivity contribution in [2.45, 2.75) is 19.4 Å². The van der Waals surface area contributed by atoms with E-state index in [1.54, 1.807) is 6.92 Å². The van der Waals surface area contributed by atoms with Crippen molar-refractivity contribution in [3.63, 3.8) is 0 Å². The van der Waals surface area contributed by atoms with Crippen molar-refractivity contribution < 1.29 is 9.90 Å². The molecule has 0 radical (unpaired) electrons. The molecule has 0 saturated carbocycles. The van der Waals surface area contributed by atoms with Gasteiger partial charge in [0.25, 0.3) is 0 Å². The summed E-state index contributed by atoms with van der Waals surface area (Å²) < 4.78 is 4.01. The van der Waals surface area contributed by atoms with Crippen molar-refractivity contribution in [3.8, 4) is 0 Å². The molecule has 2 rings (SSSR count). The number of hydrogen-bond acceptors (Lipinski definition) is 5. The molecule has 0 fully saturated rings. The second-order valence-corrected chi connectivity index (χ2v) is 4.62. The van der Waals surface area contributed by atoms with Crippen LogP contribution in [-0.4, -0.2) is 26.5 Å². The van der Waals surface area contributed by atoms with E-state index in [-0.39, 0.29) is 0 Å². The van der Waals surface area contributed by atoms with Crippen molar-refractivity contribution in [3.05, 3.63) is 41.7 Å². The molecule has 1 heterocycles. The van der Waals surface area contributed by atoms with E-state index in [1.807, 2.05) is 30.3 Å². The first-order valence-electron chi connectivity index (χ1n) is 5.49. The fourth-order valence-electron chi connectivity index (χ4n) is 1.55. The van der Waals surface area contributed by atoms with E-state index in [0.717, 1.165) is 5.56 Å². The number of nitrogens with one attached hydrogen (secondary N) is 1. The third kappa shape index (κ3) is 3.27. The lowest BCUT2D eigenvalue weighted by Gasteiger charge is -2.13. The predicted molar refractivity (Wildman–Crippen MR) is 69.8 cm³/mol. The number of aliphatic carboxylic acids is 1. The Balaban J connectivity index is 2.07. The number of aryl methyl sites for hydroxylation is 1. The topological polar surface area (TPSA) is 75.1 Å². The van der Waals surface area contributed by atoms with Crippen LogP contribution in [0.1, 0.15) is 11.4 Å². The van der Waals surface area contributed by atoms with Crippen LogP contribution in [0.4, 0.5) is 5.13 Å². The van der Waals surface area contributed by atoms with Gasteiger partial charge in [0, 0.05) is 18.0 Å². The van der Waals surface area contributed by atoms with E-state index >= 15 is 0 Å². The van der Waals surface area contributed by atoms with Gasteiger partial charge in [-0.15, -0.1) is 0 Å². The summed E-state index contributed by atoms with van der Waals surface area (Å²) in [5.74, 6) is -0.252. The minimum absolute atomic E-state index is 0.412. The maximum Gasteiger partial charge on any atom is 0.326 e. The molecule has 1 aromatic heterocycles. The van der Waals surface area contributed by atoms with Crippen LogP contribution in [0.2, 0.25) is 0 Å². The molecule has 0 aliphatic heterocycles. The number of carbonyl (C=O) groups is 1. The molecule has 0 unspecified atom stereocenters. The summed E-state index contributed by atoms with van der Waals surface area (Å²) in [6.45, 7) is 1.77. The summed E-state index contributed by atoms with van der Waals surface area (Å²) in [7, 11) is 0. The van der Waals surface area contributed by atoms with Crippen molar-refractivity contribution in [2.75, 3.05) is 5.32 Å². The van der Waals surface area contributed by atoms with Gasteiger partial charge in [-0.2, -0.15) is 4.37 Å². The fourth-order valence-corrected chi connectivity index (χ4v) is 2.18. The van der Waals surface area contributed by atoms with E-state index in [4.69, 9.17) is 0 Å². The van der Waals surface area contributed by atoms with Crippen LogP contribution in [0.3, 0.4) is 0 Å². The van der Waals surface area contributed by atoms with Gasteiger partial charge in [-0.3, -0.25) is 0 Å². The minimum Gasteiger partial charge on any atom is -0.480 e. The zero-order valence-corrected chi connectivity index (χ0v) is 10.6. The maximum absolute atomic E-state index is 11.2. The molecular formula is C12H13N3O2S. The van der Waals surface area contributed by atoms with Crippen molar-refractivity contribution in [2.24, 2.45) is 0 Å². The van der Waals surface area contributed by atoms with Gasteiger partial charge in [0.2, 0.25) is 5.13 Å². The summed E-state index contributed by atoms with van der Waals surface area (Å²) in [4.78, 5) is 15.3. The molecule has 1 aromatic carbocycles. The largest absolute Gasteiger partial charge is 0.480 e. The summed E-state index contributed by atoms with van der Waals surface area (Å²) in [5.41, 5.74) is 0.971. The van der Waals surface area contributed by atoms with Crippen molar-refractivity contribution in [1.82, 2.24) is 9.36 Å². The molecule has 6 heteroatoms. The molecule has 1 atom stereocenters. The summed E-state index contributed by atoms with van der Waals surface area (Å²) in [6.07, 6.45) is 0.412. The maximum atomic E-state index is 11.2. The van der Waals surface area contributed by atoms with E-state index in [1.165, 1.54) is 11.5 Å². The minimum atomic E-state index is -0.897. The van der Waals surface area contributed by atoms with E-state index in [2.05, 4.69) is 14.7 Å². The van der Waals surface area contributed by atoms with Gasteiger partial charge in [-0.1, -0.05) is 30.3 Å². The second-order valence-electron chi connectivity index (χ2n) is 3.87. The first-order valence-corrected chi connectivity index (χ1v) is 6.26. The normalized spacial score (nSPS) is 12.1. The number of nitrogens with zero attached hydrogens (tertiary/aromatic N) is 2. The Morgan fingerprint density at radius 3 is 2.72 bits per heavy atom. The number of benzene rings is 1. The molecule has 94 valence electrons. The molecule has 0 bridgehead atoms. The molecule has 2 aromatic rings.